The molecule has 1 fully saturated rings. The van der Waals surface area contributed by atoms with E-state index in [1.54, 1.807) is 0 Å². The van der Waals surface area contributed by atoms with E-state index in [2.05, 4.69) is 22.2 Å². The third kappa shape index (κ3) is 6.83. The molecule has 0 saturated carbocycles. The Bertz CT molecular complexity index is 281. The van der Waals surface area contributed by atoms with Gasteiger partial charge in [-0.3, -0.25) is 14.5 Å². The third-order valence-corrected chi connectivity index (χ3v) is 3.72. The molecule has 18 heavy (non-hydrogen) atoms. The minimum Gasteiger partial charge on any atom is -0.481 e. The van der Waals surface area contributed by atoms with E-state index in [1.165, 1.54) is 0 Å². The lowest BCUT2D eigenvalue weighted by Gasteiger charge is -2.32. The minimum absolute atomic E-state index is 0.0219. The van der Waals surface area contributed by atoms with Crippen LogP contribution in [0.1, 0.15) is 0 Å². The zero-order valence-electron chi connectivity index (χ0n) is 10.7. The first kappa shape index (κ1) is 15.3. The average Bonchev–Trinajstić information content (AvgIpc) is 2.31. The lowest BCUT2D eigenvalue weighted by molar-refractivity contribution is -0.133. The van der Waals surface area contributed by atoms with Crippen LogP contribution in [0.3, 0.4) is 0 Å². The van der Waals surface area contributed by atoms with Crippen LogP contribution in [0.4, 0.5) is 0 Å². The molecule has 1 aliphatic rings. The topological polar surface area (TPSA) is 72.9 Å². The van der Waals surface area contributed by atoms with Gasteiger partial charge in [0.05, 0.1) is 11.5 Å². The van der Waals surface area contributed by atoms with Gasteiger partial charge in [0.15, 0.2) is 0 Å². The van der Waals surface area contributed by atoms with E-state index in [0.717, 1.165) is 44.5 Å². The molecule has 0 unspecified atom stereocenters. The van der Waals surface area contributed by atoms with E-state index < -0.39 is 5.97 Å². The van der Waals surface area contributed by atoms with E-state index in [9.17, 15) is 9.59 Å². The predicted octanol–water partition coefficient (Wildman–Crippen LogP) is -0.832. The Morgan fingerprint density at radius 3 is 2.50 bits per heavy atom. The number of hydrogen-bond acceptors (Lipinski definition) is 5. The van der Waals surface area contributed by atoms with Crippen molar-refractivity contribution >= 4 is 23.6 Å². The molecule has 1 aliphatic heterocycles. The molecule has 0 bridgehead atoms. The lowest BCUT2D eigenvalue weighted by Crippen LogP contribution is -2.47. The number of piperazine rings is 1. The van der Waals surface area contributed by atoms with Crippen LogP contribution in [0.25, 0.3) is 0 Å². The fourth-order valence-electron chi connectivity index (χ4n) is 1.71. The number of carboxylic acid groups (broad SMARTS) is 1. The number of thioether (sulfide) groups is 1. The van der Waals surface area contributed by atoms with Crippen molar-refractivity contribution in [3.63, 3.8) is 0 Å². The Morgan fingerprint density at radius 1 is 1.22 bits per heavy atom. The van der Waals surface area contributed by atoms with E-state index in [-0.39, 0.29) is 17.4 Å². The summed E-state index contributed by atoms with van der Waals surface area (Å²) in [6.45, 7) is 5.73. The summed E-state index contributed by atoms with van der Waals surface area (Å²) in [5.41, 5.74) is 0. The highest BCUT2D eigenvalue weighted by atomic mass is 32.2. The summed E-state index contributed by atoms with van der Waals surface area (Å²) in [6.07, 6.45) is 0. The number of aliphatic carboxylic acids is 1. The summed E-state index contributed by atoms with van der Waals surface area (Å²) in [7, 11) is 2.11. The molecule has 6 nitrogen and oxygen atoms in total. The molecule has 1 saturated heterocycles. The molecule has 0 aliphatic carbocycles. The Hall–Kier alpha value is -0.790. The van der Waals surface area contributed by atoms with Crippen LogP contribution in [-0.4, -0.2) is 84.6 Å². The molecule has 2 N–H and O–H groups in total. The maximum absolute atomic E-state index is 11.4. The summed E-state index contributed by atoms with van der Waals surface area (Å²) in [5.74, 6) is -0.776. The zero-order chi connectivity index (χ0) is 13.4. The van der Waals surface area contributed by atoms with Gasteiger partial charge in [-0.25, -0.2) is 0 Å². The van der Waals surface area contributed by atoms with Gasteiger partial charge >= 0.3 is 5.97 Å². The summed E-state index contributed by atoms with van der Waals surface area (Å²) in [5, 5.41) is 11.2. The Labute approximate surface area is 112 Å². The molecule has 1 amide bonds. The number of likely N-dealkylation sites (N-methyl/N-ethyl adjacent to an activating group) is 1. The fourth-order valence-corrected chi connectivity index (χ4v) is 2.27. The van der Waals surface area contributed by atoms with E-state index in [0.29, 0.717) is 6.54 Å². The molecule has 0 spiro atoms. The number of nitrogens with one attached hydrogen (secondary N) is 1. The van der Waals surface area contributed by atoms with Crippen molar-refractivity contribution in [2.75, 3.05) is 57.8 Å². The highest BCUT2D eigenvalue weighted by Crippen LogP contribution is 1.99. The molecule has 0 radical (unpaired) electrons. The van der Waals surface area contributed by atoms with Crippen LogP contribution in [0.15, 0.2) is 0 Å². The van der Waals surface area contributed by atoms with E-state index in [1.807, 2.05) is 0 Å². The summed E-state index contributed by atoms with van der Waals surface area (Å²) < 4.78 is 0. The van der Waals surface area contributed by atoms with Crippen LogP contribution in [-0.2, 0) is 9.59 Å². The molecule has 104 valence electrons. The molecule has 0 atom stereocenters. The fraction of sp³-hybridized carbons (Fsp3) is 0.818. The first-order chi connectivity index (χ1) is 8.58. The van der Waals surface area contributed by atoms with Gasteiger partial charge in [-0.2, -0.15) is 0 Å². The van der Waals surface area contributed by atoms with E-state index >= 15 is 0 Å². The number of hydrogen-bond donors (Lipinski definition) is 2. The van der Waals surface area contributed by atoms with Crippen LogP contribution in [0.2, 0.25) is 0 Å². The second-order valence-corrected chi connectivity index (χ2v) is 5.37. The van der Waals surface area contributed by atoms with Crippen LogP contribution in [0.5, 0.6) is 0 Å². The van der Waals surface area contributed by atoms with Crippen LogP contribution >= 0.6 is 11.8 Å². The Kier molecular flexibility index (Phi) is 7.07. The molecule has 1 rings (SSSR count). The summed E-state index contributed by atoms with van der Waals surface area (Å²) >= 11 is 1.12. The van der Waals surface area contributed by atoms with E-state index in [4.69, 9.17) is 5.11 Å². The maximum Gasteiger partial charge on any atom is 0.313 e. The van der Waals surface area contributed by atoms with Gasteiger partial charge in [0.2, 0.25) is 5.91 Å². The van der Waals surface area contributed by atoms with Gasteiger partial charge in [0, 0.05) is 39.3 Å². The molecular weight excluding hydrogens is 254 g/mol. The highest BCUT2D eigenvalue weighted by Gasteiger charge is 2.13. The largest absolute Gasteiger partial charge is 0.481 e. The van der Waals surface area contributed by atoms with Gasteiger partial charge in [-0.1, -0.05) is 0 Å². The van der Waals surface area contributed by atoms with Crippen molar-refractivity contribution in [1.82, 2.24) is 15.1 Å². The first-order valence-electron chi connectivity index (χ1n) is 6.05. The van der Waals surface area contributed by atoms with Crippen LogP contribution < -0.4 is 5.32 Å². The van der Waals surface area contributed by atoms with Crippen molar-refractivity contribution in [1.29, 1.82) is 0 Å². The smallest absolute Gasteiger partial charge is 0.313 e. The quantitative estimate of drug-likeness (QED) is 0.632. The third-order valence-electron chi connectivity index (χ3n) is 2.80. The van der Waals surface area contributed by atoms with Crippen molar-refractivity contribution in [3.8, 4) is 0 Å². The number of nitrogens with zero attached hydrogens (tertiary/aromatic N) is 2. The minimum atomic E-state index is -0.884. The van der Waals surface area contributed by atoms with Gasteiger partial charge < -0.3 is 15.3 Å². The molecule has 1 heterocycles. The normalized spacial score (nSPS) is 17.6. The van der Waals surface area contributed by atoms with Gasteiger partial charge in [0.25, 0.3) is 0 Å². The lowest BCUT2D eigenvalue weighted by atomic mass is 10.3. The highest BCUT2D eigenvalue weighted by molar-refractivity contribution is 8.00. The number of rotatable bonds is 7. The molecule has 0 aromatic heterocycles. The maximum atomic E-state index is 11.4. The number of carbonyl (C=O) groups excluding carboxylic acids is 1. The Balaban J connectivity index is 2.00. The van der Waals surface area contributed by atoms with Crippen molar-refractivity contribution in [3.05, 3.63) is 0 Å². The van der Waals surface area contributed by atoms with Crippen molar-refractivity contribution < 1.29 is 14.7 Å². The van der Waals surface area contributed by atoms with Crippen molar-refractivity contribution in [2.24, 2.45) is 0 Å². The van der Waals surface area contributed by atoms with Gasteiger partial charge in [-0.15, -0.1) is 11.8 Å². The number of amides is 1. The SMILES string of the molecule is CN1CCN(CCNC(=O)CSCC(=O)O)CC1. The molecule has 0 aromatic carbocycles. The Morgan fingerprint density at radius 2 is 1.89 bits per heavy atom. The molecule has 7 heteroatoms. The standard InChI is InChI=1S/C11H21N3O3S/c1-13-4-6-14(7-5-13)3-2-12-10(15)8-18-9-11(16)17/h2-9H2,1H3,(H,12,15)(H,16,17). The molecular formula is C11H21N3O3S. The first-order valence-corrected chi connectivity index (χ1v) is 7.20. The number of carbonyl (C=O) groups is 2. The second-order valence-electron chi connectivity index (χ2n) is 4.38. The summed E-state index contributed by atoms with van der Waals surface area (Å²) in [4.78, 5) is 26.2. The van der Waals surface area contributed by atoms with Gasteiger partial charge in [-0.05, 0) is 7.05 Å². The average molecular weight is 275 g/mol. The predicted molar refractivity (Wildman–Crippen MR) is 71.9 cm³/mol. The summed E-state index contributed by atoms with van der Waals surface area (Å²) in [6, 6.07) is 0. The van der Waals surface area contributed by atoms with Gasteiger partial charge in [0.1, 0.15) is 0 Å². The van der Waals surface area contributed by atoms with Crippen molar-refractivity contribution in [2.45, 2.75) is 0 Å². The second kappa shape index (κ2) is 8.34. The number of carboxylic acids is 1. The molecule has 0 aromatic rings. The van der Waals surface area contributed by atoms with Crippen LogP contribution in [0, 0.1) is 0 Å². The monoisotopic (exact) mass is 275 g/mol. The zero-order valence-corrected chi connectivity index (χ0v) is 11.5.